The standard InChI is InChI=1S/C16H18BrClN2O/c1-3-19-11-13(17)9-15(19)16(21)20(4-2)10-12-6-5-7-14(18)8-12/h5-9,11H,3-4,10H2,1-2H3. The summed E-state index contributed by atoms with van der Waals surface area (Å²) in [4.78, 5) is 14.5. The van der Waals surface area contributed by atoms with Gasteiger partial charge in [-0.1, -0.05) is 23.7 Å². The van der Waals surface area contributed by atoms with E-state index < -0.39 is 0 Å². The van der Waals surface area contributed by atoms with Gasteiger partial charge >= 0.3 is 0 Å². The van der Waals surface area contributed by atoms with Crippen LogP contribution in [0, 0.1) is 0 Å². The number of rotatable bonds is 5. The topological polar surface area (TPSA) is 25.2 Å². The van der Waals surface area contributed by atoms with Gasteiger partial charge in [-0.05, 0) is 53.5 Å². The van der Waals surface area contributed by atoms with E-state index in [0.717, 1.165) is 16.6 Å². The average Bonchev–Trinajstić information content (AvgIpc) is 2.85. The summed E-state index contributed by atoms with van der Waals surface area (Å²) in [5.41, 5.74) is 1.74. The van der Waals surface area contributed by atoms with Crippen molar-refractivity contribution >= 4 is 33.4 Å². The summed E-state index contributed by atoms with van der Waals surface area (Å²) in [7, 11) is 0. The molecule has 0 atom stereocenters. The zero-order valence-corrected chi connectivity index (χ0v) is 14.5. The summed E-state index contributed by atoms with van der Waals surface area (Å²) in [5, 5.41) is 0.690. The van der Waals surface area contributed by atoms with Crippen molar-refractivity contribution in [2.24, 2.45) is 0 Å². The van der Waals surface area contributed by atoms with E-state index in [1.165, 1.54) is 0 Å². The Morgan fingerprint density at radius 1 is 1.33 bits per heavy atom. The molecule has 0 aliphatic heterocycles. The first-order chi connectivity index (χ1) is 10.0. The molecule has 5 heteroatoms. The Morgan fingerprint density at radius 3 is 2.71 bits per heavy atom. The van der Waals surface area contributed by atoms with E-state index in [2.05, 4.69) is 15.9 Å². The third kappa shape index (κ3) is 3.89. The van der Waals surface area contributed by atoms with Gasteiger partial charge in [-0.15, -0.1) is 0 Å². The predicted molar refractivity (Wildman–Crippen MR) is 89.7 cm³/mol. The first-order valence-corrected chi connectivity index (χ1v) is 8.11. The molecule has 21 heavy (non-hydrogen) atoms. The summed E-state index contributed by atoms with van der Waals surface area (Å²) >= 11 is 9.44. The average molecular weight is 370 g/mol. The molecule has 0 radical (unpaired) electrons. The maximum absolute atomic E-state index is 12.7. The summed E-state index contributed by atoms with van der Waals surface area (Å²) in [6.45, 7) is 5.98. The molecule has 0 aliphatic carbocycles. The number of nitrogens with zero attached hydrogens (tertiary/aromatic N) is 2. The predicted octanol–water partition coefficient (Wildman–Crippen LogP) is 4.59. The van der Waals surface area contributed by atoms with Gasteiger partial charge in [0.05, 0.1) is 0 Å². The Balaban J connectivity index is 2.22. The van der Waals surface area contributed by atoms with Crippen molar-refractivity contribution < 1.29 is 4.79 Å². The molecule has 1 aromatic heterocycles. The Bertz CT molecular complexity index is 639. The summed E-state index contributed by atoms with van der Waals surface area (Å²) in [5.74, 6) is 0.0324. The number of aromatic nitrogens is 1. The fraction of sp³-hybridized carbons (Fsp3) is 0.312. The van der Waals surface area contributed by atoms with Gasteiger partial charge in [-0.2, -0.15) is 0 Å². The van der Waals surface area contributed by atoms with Gasteiger partial charge in [0, 0.05) is 35.3 Å². The second-order valence-electron chi connectivity index (χ2n) is 4.78. The second-order valence-corrected chi connectivity index (χ2v) is 6.13. The van der Waals surface area contributed by atoms with Gasteiger partial charge in [-0.25, -0.2) is 0 Å². The molecule has 0 bridgehead atoms. The molecule has 0 spiro atoms. The molecule has 112 valence electrons. The van der Waals surface area contributed by atoms with Crippen molar-refractivity contribution in [2.45, 2.75) is 26.9 Å². The highest BCUT2D eigenvalue weighted by atomic mass is 79.9. The van der Waals surface area contributed by atoms with Crippen LogP contribution < -0.4 is 0 Å². The van der Waals surface area contributed by atoms with Gasteiger partial charge in [0.15, 0.2) is 0 Å². The molecular weight excluding hydrogens is 352 g/mol. The van der Waals surface area contributed by atoms with Crippen molar-refractivity contribution in [2.75, 3.05) is 6.54 Å². The van der Waals surface area contributed by atoms with E-state index in [-0.39, 0.29) is 5.91 Å². The van der Waals surface area contributed by atoms with Gasteiger partial charge in [0.25, 0.3) is 5.91 Å². The minimum atomic E-state index is 0.0324. The lowest BCUT2D eigenvalue weighted by atomic mass is 10.2. The Hall–Kier alpha value is -1.26. The van der Waals surface area contributed by atoms with E-state index in [4.69, 9.17) is 11.6 Å². The Labute approximate surface area is 138 Å². The van der Waals surface area contributed by atoms with Crippen molar-refractivity contribution in [3.05, 3.63) is 57.3 Å². The monoisotopic (exact) mass is 368 g/mol. The normalized spacial score (nSPS) is 10.7. The number of aryl methyl sites for hydroxylation is 1. The van der Waals surface area contributed by atoms with E-state index in [1.807, 2.05) is 59.8 Å². The summed E-state index contributed by atoms with van der Waals surface area (Å²) in [6, 6.07) is 9.49. The quantitative estimate of drug-likeness (QED) is 0.757. The largest absolute Gasteiger partial charge is 0.343 e. The maximum atomic E-state index is 12.7. The van der Waals surface area contributed by atoms with Crippen LogP contribution in [0.3, 0.4) is 0 Å². The van der Waals surface area contributed by atoms with Crippen LogP contribution in [0.4, 0.5) is 0 Å². The summed E-state index contributed by atoms with van der Waals surface area (Å²) in [6.07, 6.45) is 1.93. The van der Waals surface area contributed by atoms with E-state index in [0.29, 0.717) is 23.8 Å². The third-order valence-electron chi connectivity index (χ3n) is 3.35. The molecule has 0 unspecified atom stereocenters. The van der Waals surface area contributed by atoms with Crippen molar-refractivity contribution in [1.82, 2.24) is 9.47 Å². The number of carbonyl (C=O) groups excluding carboxylic acids is 1. The van der Waals surface area contributed by atoms with Crippen molar-refractivity contribution in [1.29, 1.82) is 0 Å². The third-order valence-corrected chi connectivity index (χ3v) is 4.02. The molecule has 2 aromatic rings. The number of halogens is 2. The smallest absolute Gasteiger partial charge is 0.270 e. The highest BCUT2D eigenvalue weighted by Gasteiger charge is 2.18. The Kier molecular flexibility index (Phi) is 5.48. The number of carbonyl (C=O) groups is 1. The molecule has 0 saturated heterocycles. The Morgan fingerprint density at radius 2 is 2.10 bits per heavy atom. The van der Waals surface area contributed by atoms with Crippen molar-refractivity contribution in [3.63, 3.8) is 0 Å². The zero-order valence-electron chi connectivity index (χ0n) is 12.1. The highest BCUT2D eigenvalue weighted by Crippen LogP contribution is 2.19. The van der Waals surface area contributed by atoms with E-state index in [9.17, 15) is 4.79 Å². The van der Waals surface area contributed by atoms with Crippen LogP contribution in [0.2, 0.25) is 5.02 Å². The number of benzene rings is 1. The van der Waals surface area contributed by atoms with Gasteiger partial charge in [-0.3, -0.25) is 4.79 Å². The van der Waals surface area contributed by atoms with E-state index in [1.54, 1.807) is 0 Å². The summed E-state index contributed by atoms with van der Waals surface area (Å²) < 4.78 is 2.87. The molecule has 0 fully saturated rings. The molecule has 1 heterocycles. The fourth-order valence-corrected chi connectivity index (χ4v) is 2.94. The highest BCUT2D eigenvalue weighted by molar-refractivity contribution is 9.10. The molecule has 1 amide bonds. The zero-order chi connectivity index (χ0) is 15.4. The van der Waals surface area contributed by atoms with Crippen LogP contribution in [0.1, 0.15) is 29.9 Å². The van der Waals surface area contributed by atoms with E-state index >= 15 is 0 Å². The number of hydrogen-bond donors (Lipinski definition) is 0. The van der Waals surface area contributed by atoms with Gasteiger partial charge in [0.1, 0.15) is 5.69 Å². The molecular formula is C16H18BrClN2O. The fourth-order valence-electron chi connectivity index (χ4n) is 2.26. The van der Waals surface area contributed by atoms with Crippen LogP contribution in [-0.2, 0) is 13.1 Å². The van der Waals surface area contributed by atoms with Crippen molar-refractivity contribution in [3.8, 4) is 0 Å². The molecule has 0 aliphatic rings. The van der Waals surface area contributed by atoms with Crippen LogP contribution in [0.25, 0.3) is 0 Å². The lowest BCUT2D eigenvalue weighted by molar-refractivity contribution is 0.0742. The van der Waals surface area contributed by atoms with Crippen LogP contribution in [-0.4, -0.2) is 21.9 Å². The van der Waals surface area contributed by atoms with Gasteiger partial charge < -0.3 is 9.47 Å². The number of amides is 1. The van der Waals surface area contributed by atoms with Crippen LogP contribution >= 0.6 is 27.5 Å². The number of hydrogen-bond acceptors (Lipinski definition) is 1. The SMILES string of the molecule is CCN(Cc1cccc(Cl)c1)C(=O)c1cc(Br)cn1CC. The second kappa shape index (κ2) is 7.14. The molecule has 3 nitrogen and oxygen atoms in total. The molecule has 2 rings (SSSR count). The minimum Gasteiger partial charge on any atom is -0.343 e. The first kappa shape index (κ1) is 16.1. The maximum Gasteiger partial charge on any atom is 0.270 e. The van der Waals surface area contributed by atoms with Gasteiger partial charge in [0.2, 0.25) is 0 Å². The van der Waals surface area contributed by atoms with Crippen LogP contribution in [0.5, 0.6) is 0 Å². The molecule has 0 N–H and O–H groups in total. The minimum absolute atomic E-state index is 0.0324. The molecule has 0 saturated carbocycles. The lowest BCUT2D eigenvalue weighted by Gasteiger charge is -2.21. The lowest BCUT2D eigenvalue weighted by Crippen LogP contribution is -2.31. The molecule has 1 aromatic carbocycles. The van der Waals surface area contributed by atoms with Crippen LogP contribution in [0.15, 0.2) is 41.0 Å². The first-order valence-electron chi connectivity index (χ1n) is 6.94.